The number of pyridine rings is 1. The van der Waals surface area contributed by atoms with Crippen LogP contribution in [-0.4, -0.2) is 55.2 Å². The number of H-pyrrole nitrogens is 1. The zero-order valence-corrected chi connectivity index (χ0v) is 20.9. The first kappa shape index (κ1) is 23.7. The number of aromatic nitrogens is 2. The van der Waals surface area contributed by atoms with Crippen LogP contribution in [0.15, 0.2) is 60.9 Å². The molecule has 9 heteroatoms. The fourth-order valence-electron chi connectivity index (χ4n) is 4.40. The molecule has 1 fully saturated rings. The lowest BCUT2D eigenvalue weighted by Gasteiger charge is -2.15. The monoisotopic (exact) mass is 503 g/mol. The van der Waals surface area contributed by atoms with Crippen molar-refractivity contribution in [3.63, 3.8) is 0 Å². The molecule has 8 nitrogen and oxygen atoms in total. The first-order valence-corrected chi connectivity index (χ1v) is 12.3. The molecule has 1 saturated heterocycles. The Labute approximate surface area is 212 Å². The van der Waals surface area contributed by atoms with Crippen molar-refractivity contribution in [1.82, 2.24) is 9.97 Å². The summed E-state index contributed by atoms with van der Waals surface area (Å²) in [6, 6.07) is 14.3. The molecule has 184 valence electrons. The molecule has 0 spiro atoms. The number of aromatic amines is 1. The van der Waals surface area contributed by atoms with Crippen LogP contribution in [0.3, 0.4) is 0 Å². The van der Waals surface area contributed by atoms with Gasteiger partial charge >= 0.3 is 0 Å². The minimum Gasteiger partial charge on any atom is -0.493 e. The van der Waals surface area contributed by atoms with E-state index in [1.165, 1.54) is 21.3 Å². The minimum atomic E-state index is -0.211. The van der Waals surface area contributed by atoms with E-state index >= 15 is 0 Å². The number of hydrogen-bond donors (Lipinski definition) is 1. The third-order valence-electron chi connectivity index (χ3n) is 6.22. The Morgan fingerprint density at radius 2 is 1.81 bits per heavy atom. The predicted octanol–water partition coefficient (Wildman–Crippen LogP) is 4.79. The van der Waals surface area contributed by atoms with Crippen LogP contribution in [0.5, 0.6) is 17.2 Å². The van der Waals surface area contributed by atoms with Crippen molar-refractivity contribution in [1.29, 1.82) is 0 Å². The normalized spacial score (nSPS) is 15.2. The van der Waals surface area contributed by atoms with Gasteiger partial charge < -0.3 is 23.5 Å². The van der Waals surface area contributed by atoms with Crippen LogP contribution in [0.1, 0.15) is 26.4 Å². The van der Waals surface area contributed by atoms with E-state index in [4.69, 9.17) is 14.2 Å². The first-order chi connectivity index (χ1) is 17.5. The van der Waals surface area contributed by atoms with Gasteiger partial charge in [-0.3, -0.25) is 14.6 Å². The third-order valence-corrected chi connectivity index (χ3v) is 7.45. The van der Waals surface area contributed by atoms with Gasteiger partial charge in [-0.05, 0) is 48.3 Å². The maximum absolute atomic E-state index is 13.6. The molecule has 36 heavy (non-hydrogen) atoms. The zero-order valence-electron chi connectivity index (χ0n) is 20.1. The van der Waals surface area contributed by atoms with Crippen LogP contribution in [0.2, 0.25) is 0 Å². The summed E-state index contributed by atoms with van der Waals surface area (Å²) in [5, 5.41) is 0.689. The Morgan fingerprint density at radius 3 is 2.47 bits per heavy atom. The lowest BCUT2D eigenvalue weighted by molar-refractivity contribution is 0.0935. The average molecular weight is 504 g/mol. The summed E-state index contributed by atoms with van der Waals surface area (Å²) in [4.78, 5) is 34.3. The smallest absolute Gasteiger partial charge is 0.203 e. The summed E-state index contributed by atoms with van der Waals surface area (Å²) in [6.07, 6.45) is 3.53. The summed E-state index contributed by atoms with van der Waals surface area (Å²) in [5.74, 6) is 1.54. The zero-order chi connectivity index (χ0) is 25.2. The van der Waals surface area contributed by atoms with E-state index in [0.29, 0.717) is 51.8 Å². The number of Topliss-reactive ketones (excluding diaryl/α,β-unsaturated/α-hetero) is 1. The van der Waals surface area contributed by atoms with Crippen molar-refractivity contribution in [3.05, 3.63) is 77.7 Å². The third kappa shape index (κ3) is 4.26. The highest BCUT2D eigenvalue weighted by Crippen LogP contribution is 2.39. The average Bonchev–Trinajstić information content (AvgIpc) is 3.59. The van der Waals surface area contributed by atoms with Crippen molar-refractivity contribution < 1.29 is 23.8 Å². The second-order valence-electron chi connectivity index (χ2n) is 8.32. The lowest BCUT2D eigenvalue weighted by atomic mass is 9.98. The van der Waals surface area contributed by atoms with E-state index < -0.39 is 0 Å². The summed E-state index contributed by atoms with van der Waals surface area (Å²) < 4.78 is 18.3. The van der Waals surface area contributed by atoms with Gasteiger partial charge in [0.15, 0.2) is 23.1 Å². The topological polar surface area (TPSA) is 93.8 Å². The Hall–Kier alpha value is -3.98. The first-order valence-electron chi connectivity index (χ1n) is 11.3. The highest BCUT2D eigenvalue weighted by atomic mass is 32.2. The molecule has 2 aromatic carbocycles. The number of nitrogens with one attached hydrogen (secondary N) is 1. The molecule has 0 bridgehead atoms. The quantitative estimate of drug-likeness (QED) is 0.271. The van der Waals surface area contributed by atoms with Crippen molar-refractivity contribution in [2.75, 3.05) is 37.9 Å². The van der Waals surface area contributed by atoms with Crippen molar-refractivity contribution >= 4 is 40.1 Å². The number of fused-ring (bicyclic) bond motifs is 1. The molecule has 1 aliphatic heterocycles. The molecular formula is C27H25N3O5S. The number of carbonyl (C=O) groups excluding carboxylic acids is 2. The van der Waals surface area contributed by atoms with Crippen LogP contribution < -0.4 is 18.5 Å². The molecule has 2 aromatic heterocycles. The van der Waals surface area contributed by atoms with Gasteiger partial charge in [0.2, 0.25) is 5.75 Å². The maximum Gasteiger partial charge on any atom is 0.203 e. The summed E-state index contributed by atoms with van der Waals surface area (Å²) >= 11 is 1.62. The molecule has 1 unspecified atom stereocenters. The minimum absolute atomic E-state index is 0.0243. The molecule has 5 rings (SSSR count). The highest BCUT2D eigenvalue weighted by molar-refractivity contribution is 8.00. The number of rotatable bonds is 8. The van der Waals surface area contributed by atoms with Gasteiger partial charge in [0.05, 0.1) is 44.8 Å². The number of hydrogen-bond acceptors (Lipinski definition) is 8. The van der Waals surface area contributed by atoms with E-state index in [-0.39, 0.29) is 17.5 Å². The molecule has 0 amide bonds. The fourth-order valence-corrected chi connectivity index (χ4v) is 5.56. The number of carbonyl (C=O) groups is 2. The molecule has 0 radical (unpaired) electrons. The van der Waals surface area contributed by atoms with Gasteiger partial charge in [0.25, 0.3) is 0 Å². The van der Waals surface area contributed by atoms with Crippen LogP contribution in [0, 0.1) is 5.92 Å². The largest absolute Gasteiger partial charge is 0.493 e. The van der Waals surface area contributed by atoms with E-state index in [1.807, 2.05) is 18.2 Å². The maximum atomic E-state index is 13.6. The second kappa shape index (κ2) is 9.94. The fraction of sp³-hybridized carbons (Fsp3) is 0.222. The van der Waals surface area contributed by atoms with Gasteiger partial charge in [-0.2, -0.15) is 0 Å². The van der Waals surface area contributed by atoms with Crippen LogP contribution in [0.4, 0.5) is 5.69 Å². The van der Waals surface area contributed by atoms with Gasteiger partial charge in [0, 0.05) is 40.5 Å². The van der Waals surface area contributed by atoms with Crippen molar-refractivity contribution in [2.45, 2.75) is 0 Å². The van der Waals surface area contributed by atoms with Crippen LogP contribution >= 0.6 is 11.9 Å². The predicted molar refractivity (Wildman–Crippen MR) is 140 cm³/mol. The van der Waals surface area contributed by atoms with Gasteiger partial charge in [0.1, 0.15) is 0 Å². The van der Waals surface area contributed by atoms with Crippen LogP contribution in [0.25, 0.3) is 10.9 Å². The van der Waals surface area contributed by atoms with Crippen LogP contribution in [-0.2, 0) is 0 Å². The second-order valence-corrected chi connectivity index (χ2v) is 9.35. The Morgan fingerprint density at radius 1 is 1.03 bits per heavy atom. The molecule has 1 N–H and O–H groups in total. The molecule has 1 atom stereocenters. The Bertz CT molecular complexity index is 1410. The SMILES string of the molecule is COc1cc(C(=O)c2cccc3[nH]c(C(=O)C4CSN(c5cccnc5)C4)cc23)cc(OC)c1OC. The van der Waals surface area contributed by atoms with Gasteiger partial charge in [-0.1, -0.05) is 12.1 Å². The summed E-state index contributed by atoms with van der Waals surface area (Å²) in [7, 11) is 4.53. The van der Waals surface area contributed by atoms with Gasteiger partial charge in [-0.25, -0.2) is 0 Å². The molecular weight excluding hydrogens is 478 g/mol. The number of nitrogens with zero attached hydrogens (tertiary/aromatic N) is 2. The van der Waals surface area contributed by atoms with E-state index in [2.05, 4.69) is 14.3 Å². The van der Waals surface area contributed by atoms with E-state index in [1.54, 1.807) is 54.7 Å². The highest BCUT2D eigenvalue weighted by Gasteiger charge is 2.31. The van der Waals surface area contributed by atoms with Crippen molar-refractivity contribution in [2.24, 2.45) is 5.92 Å². The number of ether oxygens (including phenoxy) is 3. The molecule has 3 heterocycles. The number of ketones is 2. The standard InChI is InChI=1S/C27H25N3O5S/c1-33-23-10-16(11-24(34-2)27(23)35-3)25(31)19-7-4-8-21-20(19)12-22(29-21)26(32)17-14-30(36-15-17)18-6-5-9-28-13-18/h4-13,17,29H,14-15H2,1-3H3. The van der Waals surface area contributed by atoms with E-state index in [9.17, 15) is 9.59 Å². The van der Waals surface area contributed by atoms with Crippen molar-refractivity contribution in [3.8, 4) is 17.2 Å². The van der Waals surface area contributed by atoms with Gasteiger partial charge in [-0.15, -0.1) is 0 Å². The Kier molecular flexibility index (Phi) is 6.56. The summed E-state index contributed by atoms with van der Waals surface area (Å²) in [5.41, 5.74) is 3.08. The number of anilines is 1. The number of benzene rings is 2. The lowest BCUT2D eigenvalue weighted by Crippen LogP contribution is -2.22. The molecule has 0 aliphatic carbocycles. The van der Waals surface area contributed by atoms with E-state index in [0.717, 1.165) is 11.2 Å². The molecule has 0 saturated carbocycles. The molecule has 4 aromatic rings. The molecule has 1 aliphatic rings. The summed E-state index contributed by atoms with van der Waals surface area (Å²) in [6.45, 7) is 0.599. The number of methoxy groups -OCH3 is 3. The Balaban J connectivity index is 1.44.